The largest absolute Gasteiger partial charge is 0.497 e. The number of likely N-dealkylation sites (tertiary alicyclic amines) is 1. The van der Waals surface area contributed by atoms with E-state index in [1.807, 2.05) is 0 Å². The van der Waals surface area contributed by atoms with Crippen LogP contribution in [0.25, 0.3) is 6.08 Å². The van der Waals surface area contributed by atoms with Crippen LogP contribution >= 0.6 is 11.6 Å². The lowest BCUT2D eigenvalue weighted by Gasteiger charge is -2.22. The van der Waals surface area contributed by atoms with Gasteiger partial charge in [0.05, 0.1) is 14.2 Å². The molecule has 1 aliphatic rings. The molecule has 1 heterocycles. The summed E-state index contributed by atoms with van der Waals surface area (Å²) in [5.41, 5.74) is 1.36. The van der Waals surface area contributed by atoms with Crippen LogP contribution < -0.4 is 14.8 Å². The Hall–Kier alpha value is -2.99. The smallest absolute Gasteiger partial charge is 0.247 e. The van der Waals surface area contributed by atoms with Gasteiger partial charge in [0.1, 0.15) is 17.5 Å². The highest BCUT2D eigenvalue weighted by Crippen LogP contribution is 2.25. The van der Waals surface area contributed by atoms with Gasteiger partial charge in [-0.15, -0.1) is 0 Å². The Bertz CT molecular complexity index is 912. The van der Waals surface area contributed by atoms with Crippen LogP contribution in [0.15, 0.2) is 48.5 Å². The molecule has 7 heteroatoms. The number of rotatable bonds is 6. The van der Waals surface area contributed by atoms with Gasteiger partial charge in [-0.1, -0.05) is 11.6 Å². The van der Waals surface area contributed by atoms with Gasteiger partial charge < -0.3 is 19.7 Å². The van der Waals surface area contributed by atoms with E-state index in [0.29, 0.717) is 40.7 Å². The van der Waals surface area contributed by atoms with Crippen molar-refractivity contribution in [2.24, 2.45) is 0 Å². The third kappa shape index (κ3) is 5.09. The number of nitrogens with zero attached hydrogens (tertiary/aromatic N) is 1. The third-order valence-electron chi connectivity index (χ3n) is 4.79. The predicted octanol–water partition coefficient (Wildman–Crippen LogP) is 4.00. The molecule has 29 heavy (non-hydrogen) atoms. The number of amides is 2. The van der Waals surface area contributed by atoms with E-state index in [2.05, 4.69) is 5.32 Å². The van der Waals surface area contributed by atoms with Crippen LogP contribution in [0, 0.1) is 0 Å². The number of nitrogens with one attached hydrogen (secondary N) is 1. The Morgan fingerprint density at radius 1 is 1.14 bits per heavy atom. The highest BCUT2D eigenvalue weighted by Gasteiger charge is 2.33. The maximum Gasteiger partial charge on any atom is 0.247 e. The maximum atomic E-state index is 12.7. The molecule has 0 spiro atoms. The average Bonchev–Trinajstić information content (AvgIpc) is 3.23. The monoisotopic (exact) mass is 414 g/mol. The summed E-state index contributed by atoms with van der Waals surface area (Å²) in [6.45, 7) is 0.538. The molecule has 0 radical (unpaired) electrons. The van der Waals surface area contributed by atoms with Crippen molar-refractivity contribution in [1.29, 1.82) is 0 Å². The Labute approximate surface area is 175 Å². The summed E-state index contributed by atoms with van der Waals surface area (Å²) in [7, 11) is 3.14. The fourth-order valence-electron chi connectivity index (χ4n) is 3.30. The zero-order valence-corrected chi connectivity index (χ0v) is 17.1. The fraction of sp³-hybridized carbons (Fsp3) is 0.273. The lowest BCUT2D eigenvalue weighted by Crippen LogP contribution is -2.42. The molecule has 0 bridgehead atoms. The van der Waals surface area contributed by atoms with Crippen molar-refractivity contribution in [3.8, 4) is 11.5 Å². The van der Waals surface area contributed by atoms with Gasteiger partial charge in [-0.2, -0.15) is 0 Å². The third-order valence-corrected chi connectivity index (χ3v) is 5.03. The summed E-state index contributed by atoms with van der Waals surface area (Å²) in [6.07, 6.45) is 4.51. The summed E-state index contributed by atoms with van der Waals surface area (Å²) < 4.78 is 10.4. The second kappa shape index (κ2) is 9.47. The Morgan fingerprint density at radius 3 is 2.59 bits per heavy atom. The lowest BCUT2D eigenvalue weighted by atomic mass is 10.1. The number of carbonyl (C=O) groups is 2. The van der Waals surface area contributed by atoms with Crippen molar-refractivity contribution in [1.82, 2.24) is 4.90 Å². The molecule has 0 aliphatic carbocycles. The molecule has 152 valence electrons. The van der Waals surface area contributed by atoms with Crippen molar-refractivity contribution in [2.75, 3.05) is 26.1 Å². The topological polar surface area (TPSA) is 67.9 Å². The summed E-state index contributed by atoms with van der Waals surface area (Å²) in [6, 6.07) is 11.8. The number of methoxy groups -OCH3 is 2. The Morgan fingerprint density at radius 2 is 1.90 bits per heavy atom. The van der Waals surface area contributed by atoms with Gasteiger partial charge >= 0.3 is 0 Å². The highest BCUT2D eigenvalue weighted by atomic mass is 35.5. The van der Waals surface area contributed by atoms with Gasteiger partial charge in [0.25, 0.3) is 0 Å². The SMILES string of the molecule is COc1ccc(NC(=O)C2CCCN2C(=O)/C=C/c2cc(Cl)ccc2OC)cc1. The van der Waals surface area contributed by atoms with Gasteiger partial charge in [-0.05, 0) is 61.4 Å². The van der Waals surface area contributed by atoms with Crippen LogP contribution in [0.5, 0.6) is 11.5 Å². The number of benzene rings is 2. The number of ether oxygens (including phenoxy) is 2. The van der Waals surface area contributed by atoms with E-state index < -0.39 is 6.04 Å². The number of halogens is 1. The summed E-state index contributed by atoms with van der Waals surface area (Å²) in [5, 5.41) is 3.42. The summed E-state index contributed by atoms with van der Waals surface area (Å²) >= 11 is 6.03. The van der Waals surface area contributed by atoms with Crippen molar-refractivity contribution < 1.29 is 19.1 Å². The van der Waals surface area contributed by atoms with Crippen LogP contribution in [-0.4, -0.2) is 43.5 Å². The van der Waals surface area contributed by atoms with Crippen molar-refractivity contribution in [3.05, 3.63) is 59.1 Å². The second-order valence-electron chi connectivity index (χ2n) is 6.63. The van der Waals surface area contributed by atoms with Gasteiger partial charge in [-0.25, -0.2) is 0 Å². The van der Waals surface area contributed by atoms with Crippen LogP contribution in [0.4, 0.5) is 5.69 Å². The highest BCUT2D eigenvalue weighted by molar-refractivity contribution is 6.30. The van der Waals surface area contributed by atoms with Crippen molar-refractivity contribution >= 4 is 35.2 Å². The molecular weight excluding hydrogens is 392 g/mol. The summed E-state index contributed by atoms with van der Waals surface area (Å²) in [4.78, 5) is 27.0. The molecule has 2 amide bonds. The van der Waals surface area contributed by atoms with E-state index in [9.17, 15) is 9.59 Å². The van der Waals surface area contributed by atoms with E-state index in [0.717, 1.165) is 6.42 Å². The standard InChI is InChI=1S/C22H23ClN2O4/c1-28-18-9-7-17(8-10-18)24-22(27)19-4-3-13-25(19)21(26)12-5-15-14-16(23)6-11-20(15)29-2/h5-12,14,19H,3-4,13H2,1-2H3,(H,24,27)/b12-5+. The molecule has 0 aromatic heterocycles. The molecule has 1 fully saturated rings. The molecule has 2 aromatic rings. The Balaban J connectivity index is 1.68. The molecule has 0 saturated carbocycles. The number of carbonyl (C=O) groups excluding carboxylic acids is 2. The Kier molecular flexibility index (Phi) is 6.77. The van der Waals surface area contributed by atoms with Gasteiger partial charge in [0.2, 0.25) is 11.8 Å². The minimum atomic E-state index is -0.504. The van der Waals surface area contributed by atoms with Gasteiger partial charge in [0, 0.05) is 28.9 Å². The van der Waals surface area contributed by atoms with Crippen LogP contribution in [0.1, 0.15) is 18.4 Å². The van der Waals surface area contributed by atoms with Crippen LogP contribution in [0.2, 0.25) is 5.02 Å². The van der Waals surface area contributed by atoms with E-state index in [1.54, 1.807) is 67.7 Å². The molecular formula is C22H23ClN2O4. The maximum absolute atomic E-state index is 12.7. The number of hydrogen-bond donors (Lipinski definition) is 1. The molecule has 6 nitrogen and oxygen atoms in total. The van der Waals surface area contributed by atoms with E-state index in [-0.39, 0.29) is 11.8 Å². The number of hydrogen-bond acceptors (Lipinski definition) is 4. The molecule has 1 saturated heterocycles. The molecule has 1 atom stereocenters. The molecule has 2 aromatic carbocycles. The summed E-state index contributed by atoms with van der Waals surface area (Å²) in [5.74, 6) is 0.907. The van der Waals surface area contributed by atoms with E-state index in [1.165, 1.54) is 6.08 Å². The quantitative estimate of drug-likeness (QED) is 0.725. The first kappa shape index (κ1) is 20.7. The van der Waals surface area contributed by atoms with E-state index >= 15 is 0 Å². The van der Waals surface area contributed by atoms with Crippen LogP contribution in [-0.2, 0) is 9.59 Å². The zero-order chi connectivity index (χ0) is 20.8. The molecule has 1 N–H and O–H groups in total. The molecule has 1 unspecified atom stereocenters. The first-order chi connectivity index (χ1) is 14.0. The zero-order valence-electron chi connectivity index (χ0n) is 16.4. The normalized spacial score (nSPS) is 16.1. The number of anilines is 1. The van der Waals surface area contributed by atoms with E-state index in [4.69, 9.17) is 21.1 Å². The fourth-order valence-corrected chi connectivity index (χ4v) is 3.48. The van der Waals surface area contributed by atoms with Gasteiger partial charge in [-0.3, -0.25) is 9.59 Å². The van der Waals surface area contributed by atoms with Gasteiger partial charge in [0.15, 0.2) is 0 Å². The van der Waals surface area contributed by atoms with Crippen molar-refractivity contribution in [3.63, 3.8) is 0 Å². The second-order valence-corrected chi connectivity index (χ2v) is 7.06. The first-order valence-corrected chi connectivity index (χ1v) is 9.66. The minimum absolute atomic E-state index is 0.199. The predicted molar refractivity (Wildman–Crippen MR) is 113 cm³/mol. The molecule has 1 aliphatic heterocycles. The van der Waals surface area contributed by atoms with Crippen LogP contribution in [0.3, 0.4) is 0 Å². The average molecular weight is 415 g/mol. The minimum Gasteiger partial charge on any atom is -0.497 e. The first-order valence-electron chi connectivity index (χ1n) is 9.29. The molecule has 3 rings (SSSR count). The van der Waals surface area contributed by atoms with Crippen molar-refractivity contribution in [2.45, 2.75) is 18.9 Å². The lowest BCUT2D eigenvalue weighted by molar-refractivity contribution is -0.132.